The summed E-state index contributed by atoms with van der Waals surface area (Å²) in [5, 5.41) is 0. The molecule has 0 aliphatic heterocycles. The van der Waals surface area contributed by atoms with Gasteiger partial charge >= 0.3 is 6.18 Å². The molecule has 100 valence electrons. The van der Waals surface area contributed by atoms with Crippen molar-refractivity contribution < 1.29 is 17.9 Å². The summed E-state index contributed by atoms with van der Waals surface area (Å²) in [6.45, 7) is 4.07. The van der Waals surface area contributed by atoms with Crippen LogP contribution in [0.3, 0.4) is 0 Å². The largest absolute Gasteiger partial charge is 0.490 e. The minimum absolute atomic E-state index is 0.0506. The van der Waals surface area contributed by atoms with Crippen molar-refractivity contribution in [2.24, 2.45) is 5.41 Å². The smallest absolute Gasteiger partial charge is 0.416 e. The zero-order valence-corrected chi connectivity index (χ0v) is 11.7. The molecule has 1 nitrogen and oxygen atoms in total. The SMILES string of the molecule is CC1(C)C(Br)CC1Oc1cccc(C(F)(F)F)c1. The van der Waals surface area contributed by atoms with Crippen LogP contribution in [0, 0.1) is 5.41 Å². The van der Waals surface area contributed by atoms with Gasteiger partial charge in [-0.3, -0.25) is 0 Å². The van der Waals surface area contributed by atoms with Gasteiger partial charge in [-0.2, -0.15) is 13.2 Å². The second-order valence-electron chi connectivity index (χ2n) is 5.16. The first-order chi connectivity index (χ1) is 8.21. The standard InChI is InChI=1S/C13H14BrF3O/c1-12(2)10(14)7-11(12)18-9-5-3-4-8(6-9)13(15,16)17/h3-6,10-11H,7H2,1-2H3. The molecule has 1 fully saturated rings. The highest BCUT2D eigenvalue weighted by Gasteiger charge is 2.48. The molecule has 0 bridgehead atoms. The Hall–Kier alpha value is -0.710. The molecule has 2 unspecified atom stereocenters. The predicted molar refractivity (Wildman–Crippen MR) is 67.0 cm³/mol. The molecule has 2 rings (SSSR count). The molecule has 1 aliphatic rings. The summed E-state index contributed by atoms with van der Waals surface area (Å²) in [5.74, 6) is 0.280. The average molecular weight is 323 g/mol. The molecule has 0 heterocycles. The zero-order valence-electron chi connectivity index (χ0n) is 10.1. The van der Waals surface area contributed by atoms with E-state index in [4.69, 9.17) is 4.74 Å². The highest BCUT2D eigenvalue weighted by atomic mass is 79.9. The second-order valence-corrected chi connectivity index (χ2v) is 6.26. The summed E-state index contributed by atoms with van der Waals surface area (Å²) in [4.78, 5) is 0.348. The van der Waals surface area contributed by atoms with E-state index in [9.17, 15) is 13.2 Å². The second kappa shape index (κ2) is 4.44. The highest BCUT2D eigenvalue weighted by molar-refractivity contribution is 9.09. The molecule has 1 aromatic rings. The normalized spacial score (nSPS) is 26.6. The molecule has 0 radical (unpaired) electrons. The Kier molecular flexibility index (Phi) is 3.38. The van der Waals surface area contributed by atoms with Crippen molar-refractivity contribution in [3.05, 3.63) is 29.8 Å². The first kappa shape index (κ1) is 13.7. The van der Waals surface area contributed by atoms with Crippen LogP contribution in [0.5, 0.6) is 5.75 Å². The maximum Gasteiger partial charge on any atom is 0.416 e. The monoisotopic (exact) mass is 322 g/mol. The van der Waals surface area contributed by atoms with Gasteiger partial charge in [0.15, 0.2) is 0 Å². The third-order valence-corrected chi connectivity index (χ3v) is 5.05. The van der Waals surface area contributed by atoms with Crippen LogP contribution in [0.2, 0.25) is 0 Å². The summed E-state index contributed by atoms with van der Waals surface area (Å²) in [7, 11) is 0. The maximum atomic E-state index is 12.6. The van der Waals surface area contributed by atoms with Gasteiger partial charge in [0, 0.05) is 10.2 Å². The number of hydrogen-bond donors (Lipinski definition) is 0. The van der Waals surface area contributed by atoms with Crippen LogP contribution in [0.15, 0.2) is 24.3 Å². The number of hydrogen-bond acceptors (Lipinski definition) is 1. The van der Waals surface area contributed by atoms with E-state index in [1.54, 1.807) is 6.07 Å². The first-order valence-corrected chi connectivity index (χ1v) is 6.61. The molecule has 0 saturated heterocycles. The van der Waals surface area contributed by atoms with Crippen LogP contribution in [0.1, 0.15) is 25.8 Å². The number of alkyl halides is 4. The minimum Gasteiger partial charge on any atom is -0.490 e. The fourth-order valence-corrected chi connectivity index (χ4v) is 2.58. The number of benzene rings is 1. The van der Waals surface area contributed by atoms with Crippen molar-refractivity contribution in [3.63, 3.8) is 0 Å². The van der Waals surface area contributed by atoms with Crippen LogP contribution in [0.25, 0.3) is 0 Å². The number of rotatable bonds is 2. The molecule has 1 saturated carbocycles. The molecule has 0 spiro atoms. The molecule has 2 atom stereocenters. The van der Waals surface area contributed by atoms with Crippen molar-refractivity contribution in [2.45, 2.75) is 37.4 Å². The van der Waals surface area contributed by atoms with Gasteiger partial charge in [-0.1, -0.05) is 35.8 Å². The quantitative estimate of drug-likeness (QED) is 0.720. The molecular weight excluding hydrogens is 309 g/mol. The van der Waals surface area contributed by atoms with Crippen molar-refractivity contribution in [1.82, 2.24) is 0 Å². The Bertz CT molecular complexity index is 442. The molecule has 0 aromatic heterocycles. The van der Waals surface area contributed by atoms with E-state index in [0.29, 0.717) is 4.83 Å². The summed E-state index contributed by atoms with van der Waals surface area (Å²) < 4.78 is 43.3. The lowest BCUT2D eigenvalue weighted by atomic mass is 9.69. The molecule has 0 amide bonds. The average Bonchev–Trinajstić information content (AvgIpc) is 2.28. The van der Waals surface area contributed by atoms with E-state index in [1.807, 2.05) is 13.8 Å². The van der Waals surface area contributed by atoms with E-state index in [-0.39, 0.29) is 17.3 Å². The van der Waals surface area contributed by atoms with E-state index >= 15 is 0 Å². The third-order valence-electron chi connectivity index (χ3n) is 3.50. The van der Waals surface area contributed by atoms with Gasteiger partial charge < -0.3 is 4.74 Å². The summed E-state index contributed by atoms with van der Waals surface area (Å²) >= 11 is 3.52. The third kappa shape index (κ3) is 2.51. The van der Waals surface area contributed by atoms with E-state index in [2.05, 4.69) is 15.9 Å². The van der Waals surface area contributed by atoms with Crippen molar-refractivity contribution >= 4 is 15.9 Å². The molecule has 0 N–H and O–H groups in total. The Labute approximate surface area is 112 Å². The maximum absolute atomic E-state index is 12.6. The fraction of sp³-hybridized carbons (Fsp3) is 0.538. The molecule has 5 heteroatoms. The Morgan fingerprint density at radius 2 is 2.00 bits per heavy atom. The molecule has 1 aliphatic carbocycles. The van der Waals surface area contributed by atoms with Crippen molar-refractivity contribution in [2.75, 3.05) is 0 Å². The lowest BCUT2D eigenvalue weighted by Crippen LogP contribution is -2.53. The van der Waals surface area contributed by atoms with Gasteiger partial charge in [-0.15, -0.1) is 0 Å². The predicted octanol–water partition coefficient (Wildman–Crippen LogP) is 4.65. The minimum atomic E-state index is -4.33. The van der Waals surface area contributed by atoms with Crippen molar-refractivity contribution in [1.29, 1.82) is 0 Å². The topological polar surface area (TPSA) is 9.23 Å². The van der Waals surface area contributed by atoms with Crippen LogP contribution in [-0.2, 0) is 6.18 Å². The Balaban J connectivity index is 2.12. The highest BCUT2D eigenvalue weighted by Crippen LogP contribution is 2.47. The number of ether oxygens (including phenoxy) is 1. The van der Waals surface area contributed by atoms with Gasteiger partial charge in [-0.05, 0) is 24.6 Å². The first-order valence-electron chi connectivity index (χ1n) is 5.69. The van der Waals surface area contributed by atoms with Crippen LogP contribution in [-0.4, -0.2) is 10.9 Å². The van der Waals surface area contributed by atoms with Crippen molar-refractivity contribution in [3.8, 4) is 5.75 Å². The fourth-order valence-electron chi connectivity index (χ4n) is 1.95. The lowest BCUT2D eigenvalue weighted by Gasteiger charge is -2.48. The lowest BCUT2D eigenvalue weighted by molar-refractivity contribution is -0.137. The summed E-state index contributed by atoms with van der Waals surface area (Å²) in [6, 6.07) is 5.03. The summed E-state index contributed by atoms with van der Waals surface area (Å²) in [6.07, 6.45) is -3.57. The van der Waals surface area contributed by atoms with E-state index < -0.39 is 11.7 Å². The van der Waals surface area contributed by atoms with Crippen LogP contribution >= 0.6 is 15.9 Å². The number of halogens is 4. The van der Waals surface area contributed by atoms with E-state index in [1.165, 1.54) is 6.07 Å². The van der Waals surface area contributed by atoms with E-state index in [0.717, 1.165) is 18.6 Å². The van der Waals surface area contributed by atoms with Gasteiger partial charge in [0.05, 0.1) is 5.56 Å². The molecular formula is C13H14BrF3O. The molecule has 18 heavy (non-hydrogen) atoms. The van der Waals surface area contributed by atoms with Gasteiger partial charge in [0.1, 0.15) is 11.9 Å². The van der Waals surface area contributed by atoms with Gasteiger partial charge in [-0.25, -0.2) is 0 Å². The summed E-state index contributed by atoms with van der Waals surface area (Å²) in [5.41, 5.74) is -0.735. The Morgan fingerprint density at radius 1 is 1.33 bits per heavy atom. The van der Waals surface area contributed by atoms with Crippen LogP contribution < -0.4 is 4.74 Å². The molecule has 1 aromatic carbocycles. The Morgan fingerprint density at radius 3 is 2.50 bits per heavy atom. The van der Waals surface area contributed by atoms with Gasteiger partial charge in [0.2, 0.25) is 0 Å². The van der Waals surface area contributed by atoms with Crippen LogP contribution in [0.4, 0.5) is 13.2 Å². The van der Waals surface area contributed by atoms with Gasteiger partial charge in [0.25, 0.3) is 0 Å². The zero-order chi connectivity index (χ0) is 13.6.